The van der Waals surface area contributed by atoms with Gasteiger partial charge in [-0.1, -0.05) is 11.2 Å². The van der Waals surface area contributed by atoms with Crippen molar-refractivity contribution in [3.05, 3.63) is 59.4 Å². The van der Waals surface area contributed by atoms with Gasteiger partial charge >= 0.3 is 5.97 Å². The predicted molar refractivity (Wildman–Crippen MR) is 120 cm³/mol. The number of nitrogens with zero attached hydrogens (tertiary/aromatic N) is 3. The third-order valence-corrected chi connectivity index (χ3v) is 5.49. The minimum atomic E-state index is -0.298. The molecule has 174 valence electrons. The van der Waals surface area contributed by atoms with E-state index >= 15 is 0 Å². The summed E-state index contributed by atoms with van der Waals surface area (Å²) in [7, 11) is 1.38. The standard InChI is InChI=1S/C24H28N4O5/c1-16-8-10-26-22(11-16)25-9-4-3-5-21-27-23(33-28-21)13-18(14-24(29)30-2)17-6-7-19-20(12-17)32-15-31-19/h6-8,10-12,18H,3-5,9,13-15H2,1-2H3,(H,25,26). The van der Waals surface area contributed by atoms with Crippen molar-refractivity contribution in [2.45, 2.75) is 44.9 Å². The number of carbonyl (C=O) groups is 1. The number of esters is 1. The second-order valence-corrected chi connectivity index (χ2v) is 8.00. The largest absolute Gasteiger partial charge is 0.469 e. The molecule has 0 fully saturated rings. The fourth-order valence-corrected chi connectivity index (χ4v) is 3.70. The Morgan fingerprint density at radius 1 is 1.18 bits per heavy atom. The number of anilines is 1. The number of pyridine rings is 1. The number of hydrogen-bond acceptors (Lipinski definition) is 9. The molecule has 0 saturated heterocycles. The van der Waals surface area contributed by atoms with Crippen molar-refractivity contribution in [3.8, 4) is 11.5 Å². The van der Waals surface area contributed by atoms with E-state index < -0.39 is 0 Å². The first-order valence-corrected chi connectivity index (χ1v) is 11.0. The fraction of sp³-hybridized carbons (Fsp3) is 0.417. The van der Waals surface area contributed by atoms with E-state index in [2.05, 4.69) is 20.4 Å². The molecule has 0 radical (unpaired) electrons. The Morgan fingerprint density at radius 3 is 2.91 bits per heavy atom. The summed E-state index contributed by atoms with van der Waals surface area (Å²) >= 11 is 0. The zero-order chi connectivity index (χ0) is 23.0. The van der Waals surface area contributed by atoms with E-state index in [-0.39, 0.29) is 25.1 Å². The van der Waals surface area contributed by atoms with Crippen molar-refractivity contribution < 1.29 is 23.5 Å². The minimum Gasteiger partial charge on any atom is -0.469 e. The number of benzene rings is 1. The lowest BCUT2D eigenvalue weighted by Gasteiger charge is -2.14. The van der Waals surface area contributed by atoms with Gasteiger partial charge in [0, 0.05) is 31.5 Å². The summed E-state index contributed by atoms with van der Waals surface area (Å²) in [5, 5.41) is 7.43. The Hall–Kier alpha value is -3.62. The highest BCUT2D eigenvalue weighted by Crippen LogP contribution is 2.36. The van der Waals surface area contributed by atoms with Gasteiger partial charge in [0.2, 0.25) is 12.7 Å². The van der Waals surface area contributed by atoms with Gasteiger partial charge in [-0.05, 0) is 55.2 Å². The third-order valence-electron chi connectivity index (χ3n) is 5.49. The van der Waals surface area contributed by atoms with Crippen LogP contribution in [0.4, 0.5) is 5.82 Å². The summed E-state index contributed by atoms with van der Waals surface area (Å²) in [6.07, 6.45) is 5.04. The maximum absolute atomic E-state index is 12.0. The highest BCUT2D eigenvalue weighted by atomic mass is 16.7. The Bertz CT molecular complexity index is 1080. The number of hydrogen-bond donors (Lipinski definition) is 1. The van der Waals surface area contributed by atoms with Gasteiger partial charge in [-0.15, -0.1) is 0 Å². The van der Waals surface area contributed by atoms with E-state index in [0.717, 1.165) is 37.2 Å². The van der Waals surface area contributed by atoms with Gasteiger partial charge < -0.3 is 24.1 Å². The lowest BCUT2D eigenvalue weighted by atomic mass is 9.92. The Labute approximate surface area is 192 Å². The summed E-state index contributed by atoms with van der Waals surface area (Å²) in [5.74, 6) is 2.95. The molecule has 33 heavy (non-hydrogen) atoms. The zero-order valence-corrected chi connectivity index (χ0v) is 18.9. The van der Waals surface area contributed by atoms with E-state index in [4.69, 9.17) is 18.7 Å². The van der Waals surface area contributed by atoms with Crippen LogP contribution in [0.25, 0.3) is 0 Å². The normalized spacial score (nSPS) is 13.0. The van der Waals surface area contributed by atoms with Gasteiger partial charge in [0.05, 0.1) is 13.5 Å². The second-order valence-electron chi connectivity index (χ2n) is 8.00. The molecule has 0 bridgehead atoms. The topological polar surface area (TPSA) is 109 Å². The van der Waals surface area contributed by atoms with Crippen LogP contribution >= 0.6 is 0 Å². The molecular formula is C24H28N4O5. The number of fused-ring (bicyclic) bond motifs is 1. The van der Waals surface area contributed by atoms with E-state index in [9.17, 15) is 4.79 Å². The summed E-state index contributed by atoms with van der Waals surface area (Å²) < 4.78 is 21.2. The summed E-state index contributed by atoms with van der Waals surface area (Å²) in [6, 6.07) is 9.66. The first-order valence-electron chi connectivity index (χ1n) is 11.0. The average molecular weight is 453 g/mol. The molecule has 0 aliphatic carbocycles. The molecule has 1 aliphatic rings. The van der Waals surface area contributed by atoms with Crippen LogP contribution in [0.5, 0.6) is 11.5 Å². The maximum atomic E-state index is 12.0. The van der Waals surface area contributed by atoms with E-state index in [1.807, 2.05) is 37.3 Å². The maximum Gasteiger partial charge on any atom is 0.306 e. The number of nitrogens with one attached hydrogen (secondary N) is 1. The first-order chi connectivity index (χ1) is 16.1. The fourth-order valence-electron chi connectivity index (χ4n) is 3.70. The minimum absolute atomic E-state index is 0.175. The van der Waals surface area contributed by atoms with Crippen LogP contribution < -0.4 is 14.8 Å². The average Bonchev–Trinajstić information content (AvgIpc) is 3.47. The number of aryl methyl sites for hydroxylation is 2. The number of ether oxygens (including phenoxy) is 3. The molecule has 9 nitrogen and oxygen atoms in total. The van der Waals surface area contributed by atoms with Crippen molar-refractivity contribution in [1.29, 1.82) is 0 Å². The molecular weight excluding hydrogens is 424 g/mol. The second kappa shape index (κ2) is 10.8. The van der Waals surface area contributed by atoms with Crippen LogP contribution in [0, 0.1) is 6.92 Å². The highest BCUT2D eigenvalue weighted by molar-refractivity contribution is 5.70. The SMILES string of the molecule is COC(=O)CC(Cc1nc(CCCCNc2cc(C)ccn2)no1)c1ccc2c(c1)OCO2. The van der Waals surface area contributed by atoms with Gasteiger partial charge in [-0.3, -0.25) is 4.79 Å². The number of methoxy groups -OCH3 is 1. The molecule has 2 aromatic heterocycles. The van der Waals surface area contributed by atoms with Crippen molar-refractivity contribution >= 4 is 11.8 Å². The number of unbranched alkanes of at least 4 members (excludes halogenated alkanes) is 1. The lowest BCUT2D eigenvalue weighted by Crippen LogP contribution is -2.11. The molecule has 3 heterocycles. The summed E-state index contributed by atoms with van der Waals surface area (Å²) in [5.41, 5.74) is 2.11. The predicted octanol–water partition coefficient (Wildman–Crippen LogP) is 3.83. The summed E-state index contributed by atoms with van der Waals surface area (Å²) in [4.78, 5) is 20.8. The van der Waals surface area contributed by atoms with Crippen molar-refractivity contribution in [3.63, 3.8) is 0 Å². The van der Waals surface area contributed by atoms with Crippen molar-refractivity contribution in [1.82, 2.24) is 15.1 Å². The van der Waals surface area contributed by atoms with E-state index in [1.54, 1.807) is 6.20 Å². The molecule has 1 N–H and O–H groups in total. The van der Waals surface area contributed by atoms with Crippen LogP contribution in [0.1, 0.15) is 48.0 Å². The first kappa shape index (κ1) is 22.6. The van der Waals surface area contributed by atoms with Crippen LogP contribution in [0.15, 0.2) is 41.1 Å². The number of aromatic nitrogens is 3. The van der Waals surface area contributed by atoms with Gasteiger partial charge in [-0.25, -0.2) is 4.98 Å². The smallest absolute Gasteiger partial charge is 0.306 e. The highest BCUT2D eigenvalue weighted by Gasteiger charge is 2.23. The molecule has 1 aliphatic heterocycles. The summed E-state index contributed by atoms with van der Waals surface area (Å²) in [6.45, 7) is 3.07. The molecule has 3 aromatic rings. The van der Waals surface area contributed by atoms with Gasteiger partial charge in [0.15, 0.2) is 17.3 Å². The molecule has 1 atom stereocenters. The number of rotatable bonds is 11. The monoisotopic (exact) mass is 452 g/mol. The van der Waals surface area contributed by atoms with Crippen LogP contribution in [-0.2, 0) is 22.4 Å². The molecule has 0 amide bonds. The van der Waals surface area contributed by atoms with Gasteiger partial charge in [-0.2, -0.15) is 4.98 Å². The quantitative estimate of drug-likeness (QED) is 0.343. The van der Waals surface area contributed by atoms with Crippen LogP contribution in [-0.4, -0.2) is 41.5 Å². The van der Waals surface area contributed by atoms with E-state index in [0.29, 0.717) is 29.6 Å². The molecule has 0 spiro atoms. The van der Waals surface area contributed by atoms with Crippen LogP contribution in [0.3, 0.4) is 0 Å². The third kappa shape index (κ3) is 6.21. The van der Waals surface area contributed by atoms with Crippen molar-refractivity contribution in [2.75, 3.05) is 25.8 Å². The molecule has 0 saturated carbocycles. The molecule has 4 rings (SSSR count). The van der Waals surface area contributed by atoms with Gasteiger partial charge in [0.25, 0.3) is 0 Å². The molecule has 1 aromatic carbocycles. The Morgan fingerprint density at radius 2 is 2.06 bits per heavy atom. The zero-order valence-electron chi connectivity index (χ0n) is 18.9. The Balaban J connectivity index is 1.30. The molecule has 1 unspecified atom stereocenters. The van der Waals surface area contributed by atoms with Gasteiger partial charge in [0.1, 0.15) is 5.82 Å². The Kier molecular flexibility index (Phi) is 7.39. The number of carbonyl (C=O) groups excluding carboxylic acids is 1. The molecule has 9 heteroatoms. The van der Waals surface area contributed by atoms with Crippen LogP contribution in [0.2, 0.25) is 0 Å². The van der Waals surface area contributed by atoms with Crippen molar-refractivity contribution in [2.24, 2.45) is 0 Å². The lowest BCUT2D eigenvalue weighted by molar-refractivity contribution is -0.141. The van der Waals surface area contributed by atoms with E-state index in [1.165, 1.54) is 12.7 Å².